The molecule has 0 spiro atoms. The van der Waals surface area contributed by atoms with Crippen molar-refractivity contribution in [2.45, 2.75) is 32.0 Å². The number of nitrogens with one attached hydrogen (secondary N) is 1. The van der Waals surface area contributed by atoms with Gasteiger partial charge in [-0.2, -0.15) is 13.2 Å². The number of nitrogens with zero attached hydrogens (tertiary/aromatic N) is 2. The van der Waals surface area contributed by atoms with Gasteiger partial charge in [0.05, 0.1) is 12.0 Å². The standard InChI is InChI=1S/C20H17F4N3O2/c21-16-7-2-1-5-14(16)12-25-17(28)8-9-18-26-27-19(29-18)11-13-4-3-6-15(10-13)20(22,23)24/h1-7,10H,8-9,11-12H2,(H,25,28). The van der Waals surface area contributed by atoms with E-state index < -0.39 is 17.6 Å². The van der Waals surface area contributed by atoms with Gasteiger partial charge in [-0.15, -0.1) is 10.2 Å². The van der Waals surface area contributed by atoms with E-state index in [1.807, 2.05) is 0 Å². The molecule has 0 saturated heterocycles. The van der Waals surface area contributed by atoms with E-state index >= 15 is 0 Å². The Morgan fingerprint density at radius 3 is 2.55 bits per heavy atom. The molecule has 5 nitrogen and oxygen atoms in total. The van der Waals surface area contributed by atoms with E-state index in [9.17, 15) is 22.4 Å². The lowest BCUT2D eigenvalue weighted by atomic mass is 10.1. The Kier molecular flexibility index (Phi) is 6.26. The van der Waals surface area contributed by atoms with Gasteiger partial charge in [0, 0.05) is 24.9 Å². The fourth-order valence-corrected chi connectivity index (χ4v) is 2.64. The Balaban J connectivity index is 1.50. The molecule has 0 aliphatic heterocycles. The molecule has 1 N–H and O–H groups in total. The molecule has 1 aromatic heterocycles. The van der Waals surface area contributed by atoms with Crippen LogP contribution in [0.1, 0.15) is 34.9 Å². The van der Waals surface area contributed by atoms with Gasteiger partial charge in [-0.25, -0.2) is 4.39 Å². The van der Waals surface area contributed by atoms with Crippen LogP contribution in [0.5, 0.6) is 0 Å². The SMILES string of the molecule is O=C(CCc1nnc(Cc2cccc(C(F)(F)F)c2)o1)NCc1ccccc1F. The number of halogens is 4. The van der Waals surface area contributed by atoms with E-state index in [4.69, 9.17) is 4.42 Å². The molecule has 0 aliphatic rings. The number of rotatable bonds is 7. The summed E-state index contributed by atoms with van der Waals surface area (Å²) in [6.07, 6.45) is -4.15. The Morgan fingerprint density at radius 2 is 1.79 bits per heavy atom. The summed E-state index contributed by atoms with van der Waals surface area (Å²) in [5, 5.41) is 10.2. The van der Waals surface area contributed by atoms with E-state index in [1.165, 1.54) is 18.2 Å². The van der Waals surface area contributed by atoms with Gasteiger partial charge in [0.2, 0.25) is 17.7 Å². The highest BCUT2D eigenvalue weighted by Gasteiger charge is 2.30. The van der Waals surface area contributed by atoms with Gasteiger partial charge in [0.25, 0.3) is 0 Å². The number of carbonyl (C=O) groups excluding carboxylic acids is 1. The Labute approximate surface area is 163 Å². The van der Waals surface area contributed by atoms with Crippen LogP contribution in [-0.4, -0.2) is 16.1 Å². The van der Waals surface area contributed by atoms with Crippen molar-refractivity contribution < 1.29 is 26.8 Å². The average molecular weight is 407 g/mol. The summed E-state index contributed by atoms with van der Waals surface area (Å²) in [4.78, 5) is 11.9. The minimum absolute atomic E-state index is 0.0520. The van der Waals surface area contributed by atoms with Crippen molar-refractivity contribution in [2.75, 3.05) is 0 Å². The van der Waals surface area contributed by atoms with Crippen molar-refractivity contribution in [1.82, 2.24) is 15.5 Å². The lowest BCUT2D eigenvalue weighted by molar-refractivity contribution is -0.137. The monoisotopic (exact) mass is 407 g/mol. The van der Waals surface area contributed by atoms with Crippen LogP contribution < -0.4 is 5.32 Å². The van der Waals surface area contributed by atoms with Crippen LogP contribution in [0.2, 0.25) is 0 Å². The molecule has 0 atom stereocenters. The van der Waals surface area contributed by atoms with Crippen LogP contribution in [0, 0.1) is 5.82 Å². The van der Waals surface area contributed by atoms with E-state index in [1.54, 1.807) is 18.2 Å². The van der Waals surface area contributed by atoms with Crippen molar-refractivity contribution in [1.29, 1.82) is 0 Å². The molecule has 2 aromatic carbocycles. The van der Waals surface area contributed by atoms with Crippen molar-refractivity contribution in [2.24, 2.45) is 0 Å². The smallest absolute Gasteiger partial charge is 0.416 e. The first-order valence-electron chi connectivity index (χ1n) is 8.79. The Morgan fingerprint density at radius 1 is 1.03 bits per heavy atom. The van der Waals surface area contributed by atoms with Crippen LogP contribution in [0.25, 0.3) is 0 Å². The zero-order valence-corrected chi connectivity index (χ0v) is 15.2. The summed E-state index contributed by atoms with van der Waals surface area (Å²) in [6, 6.07) is 11.0. The number of benzene rings is 2. The first kappa shape index (κ1) is 20.5. The van der Waals surface area contributed by atoms with Gasteiger partial charge in [0.15, 0.2) is 0 Å². The number of aryl methyl sites for hydroxylation is 1. The number of hydrogen-bond donors (Lipinski definition) is 1. The second-order valence-corrected chi connectivity index (χ2v) is 6.33. The van der Waals surface area contributed by atoms with Gasteiger partial charge < -0.3 is 9.73 Å². The van der Waals surface area contributed by atoms with Crippen molar-refractivity contribution in [3.05, 3.63) is 82.8 Å². The first-order valence-corrected chi connectivity index (χ1v) is 8.79. The molecule has 3 rings (SSSR count). The van der Waals surface area contributed by atoms with Crippen molar-refractivity contribution in [3.63, 3.8) is 0 Å². The van der Waals surface area contributed by atoms with Gasteiger partial charge in [0.1, 0.15) is 5.82 Å². The van der Waals surface area contributed by atoms with Crippen molar-refractivity contribution in [3.8, 4) is 0 Å². The minimum atomic E-state index is -4.42. The summed E-state index contributed by atoms with van der Waals surface area (Å²) < 4.78 is 57.2. The Bertz CT molecular complexity index is 986. The molecule has 29 heavy (non-hydrogen) atoms. The highest BCUT2D eigenvalue weighted by atomic mass is 19.4. The molecular formula is C20H17F4N3O2. The number of aromatic nitrogens is 2. The average Bonchev–Trinajstić information content (AvgIpc) is 3.12. The molecule has 0 saturated carbocycles. The second-order valence-electron chi connectivity index (χ2n) is 6.33. The zero-order valence-electron chi connectivity index (χ0n) is 15.2. The predicted octanol–water partition coefficient (Wildman–Crippen LogP) is 4.07. The molecule has 0 bridgehead atoms. The molecule has 0 fully saturated rings. The third kappa shape index (κ3) is 5.87. The third-order valence-corrected chi connectivity index (χ3v) is 4.12. The zero-order chi connectivity index (χ0) is 20.9. The topological polar surface area (TPSA) is 68.0 Å². The summed E-state index contributed by atoms with van der Waals surface area (Å²) in [7, 11) is 0. The predicted molar refractivity (Wildman–Crippen MR) is 95.1 cm³/mol. The fourth-order valence-electron chi connectivity index (χ4n) is 2.64. The maximum absolute atomic E-state index is 13.5. The molecule has 152 valence electrons. The molecule has 9 heteroatoms. The molecule has 0 radical (unpaired) electrons. The number of carbonyl (C=O) groups is 1. The molecule has 1 heterocycles. The molecular weight excluding hydrogens is 390 g/mol. The van der Waals surface area contributed by atoms with Gasteiger partial charge in [-0.1, -0.05) is 36.4 Å². The second kappa shape index (κ2) is 8.85. The maximum atomic E-state index is 13.5. The third-order valence-electron chi connectivity index (χ3n) is 4.12. The first-order chi connectivity index (χ1) is 13.8. The van der Waals surface area contributed by atoms with Crippen molar-refractivity contribution >= 4 is 5.91 Å². The summed E-state index contributed by atoms with van der Waals surface area (Å²) in [5.74, 6) is -0.353. The molecule has 3 aromatic rings. The van der Waals surface area contributed by atoms with Gasteiger partial charge in [-0.3, -0.25) is 4.79 Å². The number of amides is 1. The lowest BCUT2D eigenvalue weighted by Gasteiger charge is -2.07. The van der Waals surface area contributed by atoms with Crippen LogP contribution in [-0.2, 0) is 30.4 Å². The largest absolute Gasteiger partial charge is 0.425 e. The van der Waals surface area contributed by atoms with E-state index in [0.29, 0.717) is 11.1 Å². The van der Waals surface area contributed by atoms with E-state index in [0.717, 1.165) is 12.1 Å². The molecule has 0 aliphatic carbocycles. The lowest BCUT2D eigenvalue weighted by Crippen LogP contribution is -2.23. The van der Waals surface area contributed by atoms with Crippen LogP contribution in [0.4, 0.5) is 17.6 Å². The highest BCUT2D eigenvalue weighted by Crippen LogP contribution is 2.29. The van der Waals surface area contributed by atoms with Gasteiger partial charge >= 0.3 is 6.18 Å². The summed E-state index contributed by atoms with van der Waals surface area (Å²) in [6.45, 7) is 0.0656. The summed E-state index contributed by atoms with van der Waals surface area (Å²) in [5.41, 5.74) is 0.0148. The number of alkyl halides is 3. The highest BCUT2D eigenvalue weighted by molar-refractivity contribution is 5.76. The van der Waals surface area contributed by atoms with E-state index in [2.05, 4.69) is 15.5 Å². The normalized spacial score (nSPS) is 11.4. The molecule has 1 amide bonds. The minimum Gasteiger partial charge on any atom is -0.425 e. The van der Waals surface area contributed by atoms with Crippen LogP contribution >= 0.6 is 0 Å². The fraction of sp³-hybridized carbons (Fsp3) is 0.250. The molecule has 0 unspecified atom stereocenters. The Hall–Kier alpha value is -3.23. The van der Waals surface area contributed by atoms with Gasteiger partial charge in [-0.05, 0) is 17.7 Å². The quantitative estimate of drug-likeness (QED) is 0.600. The number of hydrogen-bond acceptors (Lipinski definition) is 4. The maximum Gasteiger partial charge on any atom is 0.416 e. The summed E-state index contributed by atoms with van der Waals surface area (Å²) >= 11 is 0. The van der Waals surface area contributed by atoms with Crippen LogP contribution in [0.15, 0.2) is 52.9 Å². The van der Waals surface area contributed by atoms with Crippen LogP contribution in [0.3, 0.4) is 0 Å². The van der Waals surface area contributed by atoms with E-state index in [-0.39, 0.29) is 43.5 Å².